The number of aromatic carboxylic acids is 1. The first-order valence-corrected chi connectivity index (χ1v) is 9.73. The molecule has 0 aliphatic carbocycles. The zero-order chi connectivity index (χ0) is 24.1. The number of thiophene rings is 1. The normalized spacial score (nSPS) is 11.4. The van der Waals surface area contributed by atoms with Gasteiger partial charge in [0.15, 0.2) is 17.2 Å². The number of ether oxygens (including phenoxy) is 2. The smallest absolute Gasteiger partial charge is 0.405 e. The summed E-state index contributed by atoms with van der Waals surface area (Å²) in [4.78, 5) is 33.8. The van der Waals surface area contributed by atoms with Gasteiger partial charge >= 0.3 is 18.1 Å². The minimum Gasteiger partial charge on any atom is -0.496 e. The van der Waals surface area contributed by atoms with Gasteiger partial charge in [-0.1, -0.05) is 11.6 Å². The van der Waals surface area contributed by atoms with Gasteiger partial charge in [-0.2, -0.15) is 13.2 Å². The number of amides is 1. The third-order valence-corrected chi connectivity index (χ3v) is 5.39. The van der Waals surface area contributed by atoms with Gasteiger partial charge in [-0.25, -0.2) is 9.59 Å². The van der Waals surface area contributed by atoms with E-state index in [1.165, 1.54) is 31.4 Å². The molecule has 13 heteroatoms. The molecule has 0 aliphatic heterocycles. The van der Waals surface area contributed by atoms with Crippen LogP contribution in [0.1, 0.15) is 15.2 Å². The van der Waals surface area contributed by atoms with Crippen molar-refractivity contribution in [2.75, 3.05) is 20.3 Å². The summed E-state index contributed by atoms with van der Waals surface area (Å²) in [5, 5.41) is 19.7. The Morgan fingerprint density at radius 2 is 1.94 bits per heavy atom. The van der Waals surface area contributed by atoms with Crippen molar-refractivity contribution in [2.24, 2.45) is 0 Å². The highest BCUT2D eigenvalue weighted by molar-refractivity contribution is 7.18. The summed E-state index contributed by atoms with van der Waals surface area (Å²) < 4.78 is 46.8. The van der Waals surface area contributed by atoms with E-state index in [1.807, 2.05) is 0 Å². The summed E-state index contributed by atoms with van der Waals surface area (Å²) in [6.07, 6.45) is -2.46. The minimum atomic E-state index is -4.56. The van der Waals surface area contributed by atoms with Gasteiger partial charge in [0.25, 0.3) is 0 Å². The third-order valence-electron chi connectivity index (χ3n) is 3.71. The number of rotatable bonds is 9. The molecule has 0 saturated carbocycles. The van der Waals surface area contributed by atoms with Crippen molar-refractivity contribution in [1.82, 2.24) is 5.32 Å². The van der Waals surface area contributed by atoms with Crippen molar-refractivity contribution in [1.29, 1.82) is 0 Å². The molecule has 32 heavy (non-hydrogen) atoms. The van der Waals surface area contributed by atoms with Gasteiger partial charge in [0.1, 0.15) is 17.3 Å². The van der Waals surface area contributed by atoms with E-state index < -0.39 is 37.2 Å². The van der Waals surface area contributed by atoms with E-state index in [4.69, 9.17) is 26.2 Å². The average Bonchev–Trinajstić information content (AvgIpc) is 3.04. The second-order valence-electron chi connectivity index (χ2n) is 6.01. The van der Waals surface area contributed by atoms with Crippen molar-refractivity contribution in [2.45, 2.75) is 6.18 Å². The second-order valence-corrected chi connectivity index (χ2v) is 7.41. The molecule has 3 N–H and O–H groups in total. The van der Waals surface area contributed by atoms with Crippen LogP contribution in [0.4, 0.5) is 13.2 Å². The molecule has 1 aromatic heterocycles. The number of hydrogen-bond acceptors (Lipinski definition) is 6. The van der Waals surface area contributed by atoms with E-state index in [2.05, 4.69) is 0 Å². The van der Waals surface area contributed by atoms with Gasteiger partial charge in [0.2, 0.25) is 5.91 Å². The number of carbonyl (C=O) groups excluding carboxylic acids is 1. The Morgan fingerprint density at radius 3 is 2.50 bits per heavy atom. The molecule has 0 saturated heterocycles. The monoisotopic (exact) mass is 493 g/mol. The quantitative estimate of drug-likeness (QED) is 0.452. The van der Waals surface area contributed by atoms with Crippen LogP contribution in [0.15, 0.2) is 24.3 Å². The van der Waals surface area contributed by atoms with Crippen LogP contribution in [-0.2, 0) is 9.59 Å². The zero-order valence-electron chi connectivity index (χ0n) is 16.2. The molecule has 172 valence electrons. The molecule has 2 aromatic rings. The number of aliphatic carboxylic acids is 1. The van der Waals surface area contributed by atoms with Crippen LogP contribution in [0.25, 0.3) is 16.5 Å². The number of carboxylic acid groups (broad SMARTS) is 2. The van der Waals surface area contributed by atoms with Gasteiger partial charge in [0, 0.05) is 11.6 Å². The summed E-state index contributed by atoms with van der Waals surface area (Å²) in [6.45, 7) is -2.30. The predicted molar refractivity (Wildman–Crippen MR) is 110 cm³/mol. The van der Waals surface area contributed by atoms with Gasteiger partial charge in [-0.3, -0.25) is 4.79 Å². The summed E-state index contributed by atoms with van der Waals surface area (Å²) in [5.41, 5.74) is 0.672. The standard InChI is InChI=1S/C19H15ClF3NO7S/c1-30-11-4-2-10(6-9(11)3-5-12(25)24-8-19(21,22)23)16-14(20)15(31-7-13(26)27)17(32-16)18(28)29/h2-6H,7-8H2,1H3,(H,24,25)(H,26,27)(H,28,29)/b5-3+. The third kappa shape index (κ3) is 6.62. The Morgan fingerprint density at radius 1 is 1.25 bits per heavy atom. The van der Waals surface area contributed by atoms with Gasteiger partial charge in [-0.15, -0.1) is 11.3 Å². The number of carbonyl (C=O) groups is 3. The van der Waals surface area contributed by atoms with E-state index >= 15 is 0 Å². The first-order valence-electron chi connectivity index (χ1n) is 8.54. The van der Waals surface area contributed by atoms with Crippen LogP contribution in [0.3, 0.4) is 0 Å². The van der Waals surface area contributed by atoms with E-state index in [-0.39, 0.29) is 26.3 Å². The van der Waals surface area contributed by atoms with Gasteiger partial charge in [0.05, 0.1) is 12.0 Å². The maximum atomic E-state index is 12.2. The lowest BCUT2D eigenvalue weighted by Gasteiger charge is -2.08. The highest BCUT2D eigenvalue weighted by Crippen LogP contribution is 2.46. The zero-order valence-corrected chi connectivity index (χ0v) is 17.7. The second kappa shape index (κ2) is 10.4. The Kier molecular flexibility index (Phi) is 8.11. The largest absolute Gasteiger partial charge is 0.496 e. The molecule has 0 spiro atoms. The van der Waals surface area contributed by atoms with Crippen molar-refractivity contribution in [3.05, 3.63) is 39.7 Å². The lowest BCUT2D eigenvalue weighted by Crippen LogP contribution is -2.32. The molecule has 1 heterocycles. The highest BCUT2D eigenvalue weighted by atomic mass is 35.5. The molecule has 0 unspecified atom stereocenters. The number of carboxylic acids is 2. The summed E-state index contributed by atoms with van der Waals surface area (Å²) >= 11 is 6.98. The molecule has 1 amide bonds. The molecule has 0 radical (unpaired) electrons. The number of hydrogen-bond donors (Lipinski definition) is 3. The molecule has 1 aromatic carbocycles. The molecule has 2 rings (SSSR count). The molecule has 0 bridgehead atoms. The fraction of sp³-hybridized carbons (Fsp3) is 0.211. The summed E-state index contributed by atoms with van der Waals surface area (Å²) in [5.74, 6) is -3.71. The minimum absolute atomic E-state index is 0.128. The van der Waals surface area contributed by atoms with Crippen LogP contribution in [0.2, 0.25) is 5.02 Å². The Labute approximate surface area is 187 Å². The number of methoxy groups -OCH3 is 1. The van der Waals surface area contributed by atoms with Crippen LogP contribution in [0.5, 0.6) is 11.5 Å². The Hall–Kier alpha value is -3.25. The molecule has 0 atom stereocenters. The van der Waals surface area contributed by atoms with E-state index in [0.717, 1.165) is 17.4 Å². The molecular weight excluding hydrogens is 479 g/mol. The SMILES string of the molecule is COc1ccc(-c2sc(C(=O)O)c(OCC(=O)O)c2Cl)cc1/C=C/C(=O)NCC(F)(F)F. The molecule has 0 fully saturated rings. The molecular formula is C19H15ClF3NO7S. The van der Waals surface area contributed by atoms with Crippen molar-refractivity contribution >= 4 is 46.9 Å². The fourth-order valence-corrected chi connectivity index (χ4v) is 3.80. The number of halogens is 4. The number of alkyl halides is 3. The van der Waals surface area contributed by atoms with Gasteiger partial charge in [-0.05, 0) is 29.8 Å². The van der Waals surface area contributed by atoms with Crippen LogP contribution in [0, 0.1) is 0 Å². The summed E-state index contributed by atoms with van der Waals surface area (Å²) in [6, 6.07) is 4.48. The first-order chi connectivity index (χ1) is 14.9. The highest BCUT2D eigenvalue weighted by Gasteiger charge is 2.27. The first kappa shape index (κ1) is 25.0. The van der Waals surface area contributed by atoms with Crippen molar-refractivity contribution in [3.63, 3.8) is 0 Å². The van der Waals surface area contributed by atoms with Gasteiger partial charge < -0.3 is 25.0 Å². The topological polar surface area (TPSA) is 122 Å². The van der Waals surface area contributed by atoms with Crippen LogP contribution < -0.4 is 14.8 Å². The Bertz CT molecular complexity index is 1070. The van der Waals surface area contributed by atoms with E-state index in [0.29, 0.717) is 11.1 Å². The van der Waals surface area contributed by atoms with Crippen LogP contribution in [-0.4, -0.2) is 54.5 Å². The lowest BCUT2D eigenvalue weighted by atomic mass is 10.1. The predicted octanol–water partition coefficient (Wildman–Crippen LogP) is 3.93. The Balaban J connectivity index is 2.40. The van der Waals surface area contributed by atoms with Crippen molar-refractivity contribution in [3.8, 4) is 21.9 Å². The van der Waals surface area contributed by atoms with E-state index in [9.17, 15) is 32.7 Å². The molecule has 0 aliphatic rings. The number of nitrogens with one attached hydrogen (secondary N) is 1. The molecule has 8 nitrogen and oxygen atoms in total. The lowest BCUT2D eigenvalue weighted by molar-refractivity contribution is -0.139. The van der Waals surface area contributed by atoms with Crippen LogP contribution >= 0.6 is 22.9 Å². The number of benzene rings is 1. The van der Waals surface area contributed by atoms with E-state index in [1.54, 1.807) is 5.32 Å². The fourth-order valence-electron chi connectivity index (χ4n) is 2.40. The maximum absolute atomic E-state index is 12.2. The maximum Gasteiger partial charge on any atom is 0.405 e. The van der Waals surface area contributed by atoms with Crippen molar-refractivity contribution < 1.29 is 47.2 Å². The summed E-state index contributed by atoms with van der Waals surface area (Å²) in [7, 11) is 1.34. The average molecular weight is 494 g/mol.